The van der Waals surface area contributed by atoms with E-state index in [4.69, 9.17) is 10.5 Å². The maximum absolute atomic E-state index is 12.0. The van der Waals surface area contributed by atoms with E-state index in [0.717, 1.165) is 11.3 Å². The van der Waals surface area contributed by atoms with E-state index in [1.165, 1.54) is 0 Å². The van der Waals surface area contributed by atoms with Gasteiger partial charge in [0.1, 0.15) is 5.60 Å². The fraction of sp³-hybridized carbons (Fsp3) is 0.667. The molecule has 1 atom stereocenters. The molecule has 2 rings (SSSR count). The summed E-state index contributed by atoms with van der Waals surface area (Å²) >= 11 is 0. The molecule has 1 unspecified atom stereocenters. The molecule has 0 saturated heterocycles. The molecule has 6 nitrogen and oxygen atoms in total. The molecule has 1 aliphatic heterocycles. The molecule has 18 heavy (non-hydrogen) atoms. The molecule has 1 aliphatic rings. The van der Waals surface area contributed by atoms with Gasteiger partial charge in [0.2, 0.25) is 0 Å². The first-order chi connectivity index (χ1) is 8.28. The Labute approximate surface area is 107 Å². The van der Waals surface area contributed by atoms with Crippen molar-refractivity contribution in [2.75, 3.05) is 6.54 Å². The lowest BCUT2D eigenvalue weighted by Crippen LogP contribution is -2.43. The molecule has 0 aliphatic carbocycles. The van der Waals surface area contributed by atoms with E-state index < -0.39 is 5.60 Å². The number of hydrogen-bond acceptors (Lipinski definition) is 4. The van der Waals surface area contributed by atoms with Gasteiger partial charge in [-0.1, -0.05) is 0 Å². The molecule has 6 heteroatoms. The van der Waals surface area contributed by atoms with Crippen molar-refractivity contribution >= 4 is 6.09 Å². The van der Waals surface area contributed by atoms with Crippen molar-refractivity contribution < 1.29 is 9.53 Å². The Hall–Kier alpha value is -1.56. The summed E-state index contributed by atoms with van der Waals surface area (Å²) in [4.78, 5) is 13.6. The SMILES string of the molecule is Cn1ncc2c1C(N)CN(C(=O)OC(C)(C)C)C2. The second-order valence-corrected chi connectivity index (χ2v) is 5.65. The number of ether oxygens (including phenoxy) is 1. The van der Waals surface area contributed by atoms with Crippen molar-refractivity contribution in [3.05, 3.63) is 17.5 Å². The third-order valence-electron chi connectivity index (χ3n) is 2.85. The molecule has 1 aromatic rings. The van der Waals surface area contributed by atoms with Crippen molar-refractivity contribution in [2.24, 2.45) is 12.8 Å². The summed E-state index contributed by atoms with van der Waals surface area (Å²) in [5, 5.41) is 4.17. The Morgan fingerprint density at radius 3 is 2.83 bits per heavy atom. The molecule has 0 fully saturated rings. The average molecular weight is 252 g/mol. The summed E-state index contributed by atoms with van der Waals surface area (Å²) in [5.74, 6) is 0. The van der Waals surface area contributed by atoms with Crippen LogP contribution in [0.25, 0.3) is 0 Å². The molecule has 0 radical (unpaired) electrons. The summed E-state index contributed by atoms with van der Waals surface area (Å²) in [5.41, 5.74) is 7.57. The van der Waals surface area contributed by atoms with Gasteiger partial charge in [0, 0.05) is 19.2 Å². The van der Waals surface area contributed by atoms with Crippen LogP contribution in [0.3, 0.4) is 0 Å². The monoisotopic (exact) mass is 252 g/mol. The van der Waals surface area contributed by atoms with Gasteiger partial charge in [-0.05, 0) is 20.8 Å². The Kier molecular flexibility index (Phi) is 3.06. The summed E-state index contributed by atoms with van der Waals surface area (Å²) in [6.07, 6.45) is 1.43. The number of aryl methyl sites for hydroxylation is 1. The number of carbonyl (C=O) groups is 1. The van der Waals surface area contributed by atoms with E-state index in [0.29, 0.717) is 13.1 Å². The molecule has 1 aromatic heterocycles. The zero-order valence-electron chi connectivity index (χ0n) is 11.3. The van der Waals surface area contributed by atoms with Crippen LogP contribution in [0.5, 0.6) is 0 Å². The third kappa shape index (κ3) is 2.48. The molecule has 2 N–H and O–H groups in total. The third-order valence-corrected chi connectivity index (χ3v) is 2.85. The highest BCUT2D eigenvalue weighted by Crippen LogP contribution is 2.25. The van der Waals surface area contributed by atoms with Gasteiger partial charge < -0.3 is 15.4 Å². The number of aromatic nitrogens is 2. The summed E-state index contributed by atoms with van der Waals surface area (Å²) in [7, 11) is 1.86. The van der Waals surface area contributed by atoms with Crippen molar-refractivity contribution in [3.8, 4) is 0 Å². The topological polar surface area (TPSA) is 73.4 Å². The van der Waals surface area contributed by atoms with E-state index >= 15 is 0 Å². The number of nitrogens with two attached hydrogens (primary N) is 1. The Balaban J connectivity index is 2.14. The summed E-state index contributed by atoms with van der Waals surface area (Å²) < 4.78 is 7.12. The van der Waals surface area contributed by atoms with Crippen LogP contribution in [0.1, 0.15) is 38.1 Å². The number of rotatable bonds is 0. The van der Waals surface area contributed by atoms with Crippen LogP contribution in [-0.4, -0.2) is 32.9 Å². The predicted molar refractivity (Wildman–Crippen MR) is 66.8 cm³/mol. The van der Waals surface area contributed by atoms with Crippen LogP contribution in [0.4, 0.5) is 4.79 Å². The van der Waals surface area contributed by atoms with Gasteiger partial charge in [0.15, 0.2) is 0 Å². The molecule has 0 aromatic carbocycles. The Bertz CT molecular complexity index is 461. The van der Waals surface area contributed by atoms with Gasteiger partial charge in [-0.25, -0.2) is 4.79 Å². The van der Waals surface area contributed by atoms with Crippen molar-refractivity contribution in [3.63, 3.8) is 0 Å². The van der Waals surface area contributed by atoms with Crippen molar-refractivity contribution in [2.45, 2.75) is 39.0 Å². The van der Waals surface area contributed by atoms with E-state index in [2.05, 4.69) is 5.10 Å². The lowest BCUT2D eigenvalue weighted by atomic mass is 10.0. The minimum Gasteiger partial charge on any atom is -0.444 e. The van der Waals surface area contributed by atoms with Crippen molar-refractivity contribution in [1.29, 1.82) is 0 Å². The first-order valence-electron chi connectivity index (χ1n) is 6.02. The number of fused-ring (bicyclic) bond motifs is 1. The van der Waals surface area contributed by atoms with Crippen LogP contribution in [0.2, 0.25) is 0 Å². The van der Waals surface area contributed by atoms with Gasteiger partial charge in [0.05, 0.1) is 24.5 Å². The van der Waals surface area contributed by atoms with E-state index in [1.54, 1.807) is 15.8 Å². The quantitative estimate of drug-likeness (QED) is 0.752. The molecule has 0 spiro atoms. The molecular formula is C12H20N4O2. The standard InChI is InChI=1S/C12H20N4O2/c1-12(2,3)18-11(17)16-6-8-5-14-15(4)10(8)9(13)7-16/h5,9H,6-7,13H2,1-4H3. The minimum atomic E-state index is -0.490. The fourth-order valence-corrected chi connectivity index (χ4v) is 2.15. The number of amides is 1. The first-order valence-corrected chi connectivity index (χ1v) is 6.02. The van der Waals surface area contributed by atoms with Crippen LogP contribution in [0, 0.1) is 0 Å². The van der Waals surface area contributed by atoms with E-state index in [1.807, 2.05) is 27.8 Å². The number of carbonyl (C=O) groups excluding carboxylic acids is 1. The highest BCUT2D eigenvalue weighted by Gasteiger charge is 2.31. The van der Waals surface area contributed by atoms with Gasteiger partial charge in [-0.15, -0.1) is 0 Å². The Morgan fingerprint density at radius 1 is 1.56 bits per heavy atom. The zero-order chi connectivity index (χ0) is 13.5. The van der Waals surface area contributed by atoms with Gasteiger partial charge >= 0.3 is 6.09 Å². The maximum atomic E-state index is 12.0. The maximum Gasteiger partial charge on any atom is 0.410 e. The van der Waals surface area contributed by atoms with E-state index in [9.17, 15) is 4.79 Å². The molecule has 100 valence electrons. The van der Waals surface area contributed by atoms with Crippen molar-refractivity contribution in [1.82, 2.24) is 14.7 Å². The minimum absolute atomic E-state index is 0.214. The molecular weight excluding hydrogens is 232 g/mol. The van der Waals surface area contributed by atoms with Gasteiger partial charge in [0.25, 0.3) is 0 Å². The fourth-order valence-electron chi connectivity index (χ4n) is 2.15. The van der Waals surface area contributed by atoms with E-state index in [-0.39, 0.29) is 12.1 Å². The van der Waals surface area contributed by atoms with Gasteiger partial charge in [-0.2, -0.15) is 5.10 Å². The van der Waals surface area contributed by atoms with Crippen LogP contribution in [-0.2, 0) is 18.3 Å². The second kappa shape index (κ2) is 4.28. The summed E-state index contributed by atoms with van der Waals surface area (Å²) in [6, 6.07) is -0.214. The lowest BCUT2D eigenvalue weighted by Gasteiger charge is -2.32. The first kappa shape index (κ1) is 12.9. The average Bonchev–Trinajstić information content (AvgIpc) is 2.58. The largest absolute Gasteiger partial charge is 0.444 e. The molecule has 1 amide bonds. The number of hydrogen-bond donors (Lipinski definition) is 1. The normalized spacial score (nSPS) is 19.6. The molecule has 2 heterocycles. The number of nitrogens with zero attached hydrogens (tertiary/aromatic N) is 3. The summed E-state index contributed by atoms with van der Waals surface area (Å²) in [6.45, 7) is 6.52. The highest BCUT2D eigenvalue weighted by molar-refractivity contribution is 5.68. The molecule has 0 saturated carbocycles. The van der Waals surface area contributed by atoms with Crippen LogP contribution >= 0.6 is 0 Å². The molecule has 0 bridgehead atoms. The Morgan fingerprint density at radius 2 is 2.22 bits per heavy atom. The highest BCUT2D eigenvalue weighted by atomic mass is 16.6. The predicted octanol–water partition coefficient (Wildman–Crippen LogP) is 1.17. The van der Waals surface area contributed by atoms with Crippen LogP contribution in [0.15, 0.2) is 6.20 Å². The zero-order valence-corrected chi connectivity index (χ0v) is 11.3. The van der Waals surface area contributed by atoms with Crippen LogP contribution < -0.4 is 5.73 Å². The van der Waals surface area contributed by atoms with Gasteiger partial charge in [-0.3, -0.25) is 4.68 Å². The lowest BCUT2D eigenvalue weighted by molar-refractivity contribution is 0.0204. The second-order valence-electron chi connectivity index (χ2n) is 5.65. The smallest absolute Gasteiger partial charge is 0.410 e.